The van der Waals surface area contributed by atoms with Gasteiger partial charge in [0.1, 0.15) is 10.0 Å². The number of hydrogen-bond donors (Lipinski definition) is 0. The molecule has 0 aliphatic heterocycles. The molecule has 0 atom stereocenters. The Morgan fingerprint density at radius 3 is 2.40 bits per heavy atom. The minimum Gasteiger partial charge on any atom is -0.335 e. The first-order chi connectivity index (χ1) is 6.93. The fourth-order valence-corrected chi connectivity index (χ4v) is 1.02. The summed E-state index contributed by atoms with van der Waals surface area (Å²) >= 11 is 10.7. The zero-order chi connectivity index (χ0) is 11.6. The van der Waals surface area contributed by atoms with Crippen LogP contribution in [0.15, 0.2) is 5.16 Å². The van der Waals surface area contributed by atoms with Crippen LogP contribution in [0, 0.1) is 11.8 Å². The second kappa shape index (κ2) is 4.72. The third-order valence-corrected chi connectivity index (χ3v) is 1.92. The number of halogens is 4. The first-order valence-electron chi connectivity index (χ1n) is 3.81. The summed E-state index contributed by atoms with van der Waals surface area (Å²) in [4.78, 5) is 7.83. The molecule has 0 aromatic carbocycles. The van der Waals surface area contributed by atoms with E-state index in [9.17, 15) is 8.78 Å². The maximum atomic E-state index is 13.1. The van der Waals surface area contributed by atoms with Gasteiger partial charge in [0, 0.05) is 0 Å². The number of oxime groups is 1. The van der Waals surface area contributed by atoms with E-state index in [0.29, 0.717) is 5.71 Å². The van der Waals surface area contributed by atoms with Gasteiger partial charge < -0.3 is 4.84 Å². The monoisotopic (exact) mass is 254 g/mol. The van der Waals surface area contributed by atoms with Gasteiger partial charge in [-0.1, -0.05) is 28.4 Å². The Bertz CT molecular complexity index is 420. The van der Waals surface area contributed by atoms with Gasteiger partial charge in [0.25, 0.3) is 5.88 Å². The van der Waals surface area contributed by atoms with Crippen LogP contribution in [0.3, 0.4) is 0 Å². The van der Waals surface area contributed by atoms with Crippen molar-refractivity contribution in [3.05, 3.63) is 21.8 Å². The Morgan fingerprint density at radius 1 is 1.27 bits per heavy atom. The highest BCUT2D eigenvalue weighted by Gasteiger charge is 2.18. The average Bonchev–Trinajstić information content (AvgIpc) is 2.18. The highest BCUT2D eigenvalue weighted by molar-refractivity contribution is 6.35. The van der Waals surface area contributed by atoms with Crippen molar-refractivity contribution in [3.63, 3.8) is 0 Å². The quantitative estimate of drug-likeness (QED) is 0.461. The SMILES string of the molecule is CC(C)=NOc1nc(F)c(Cl)c(F)c1Cl. The molecule has 0 radical (unpaired) electrons. The number of aromatic nitrogens is 1. The van der Waals surface area contributed by atoms with Gasteiger partial charge in [-0.2, -0.15) is 9.37 Å². The van der Waals surface area contributed by atoms with Crippen LogP contribution >= 0.6 is 23.2 Å². The zero-order valence-electron chi connectivity index (χ0n) is 7.81. The Balaban J connectivity index is 3.15. The standard InChI is InChI=1S/C8H6Cl2F2N2O/c1-3(2)14-15-8-5(10)6(11)4(9)7(12)13-8/h1-2H3. The maximum absolute atomic E-state index is 13.1. The molecule has 1 rings (SSSR count). The van der Waals surface area contributed by atoms with Crippen molar-refractivity contribution in [1.29, 1.82) is 0 Å². The van der Waals surface area contributed by atoms with Crippen molar-refractivity contribution >= 4 is 28.9 Å². The summed E-state index contributed by atoms with van der Waals surface area (Å²) in [5, 5.41) is 2.18. The molecule has 0 amide bonds. The lowest BCUT2D eigenvalue weighted by Crippen LogP contribution is -1.98. The molecule has 1 aromatic heterocycles. The molecule has 15 heavy (non-hydrogen) atoms. The first kappa shape index (κ1) is 12.1. The van der Waals surface area contributed by atoms with E-state index >= 15 is 0 Å². The van der Waals surface area contributed by atoms with Gasteiger partial charge in [0.05, 0.1) is 5.71 Å². The summed E-state index contributed by atoms with van der Waals surface area (Å²) in [7, 11) is 0. The second-order valence-corrected chi connectivity index (χ2v) is 3.54. The van der Waals surface area contributed by atoms with Gasteiger partial charge in [-0.3, -0.25) is 0 Å². The van der Waals surface area contributed by atoms with E-state index in [2.05, 4.69) is 15.0 Å². The number of rotatable bonds is 2. The molecule has 7 heteroatoms. The highest BCUT2D eigenvalue weighted by atomic mass is 35.5. The molecule has 0 saturated heterocycles. The Labute approximate surface area is 94.6 Å². The van der Waals surface area contributed by atoms with Crippen LogP contribution in [-0.4, -0.2) is 10.7 Å². The predicted molar refractivity (Wildman–Crippen MR) is 53.6 cm³/mol. The van der Waals surface area contributed by atoms with E-state index in [4.69, 9.17) is 23.2 Å². The third kappa shape index (κ3) is 2.76. The van der Waals surface area contributed by atoms with Gasteiger partial charge in [-0.15, -0.1) is 0 Å². The lowest BCUT2D eigenvalue weighted by atomic mass is 10.4. The number of pyridine rings is 1. The normalized spacial score (nSPS) is 10.0. The number of hydrogen-bond acceptors (Lipinski definition) is 3. The molecular weight excluding hydrogens is 249 g/mol. The largest absolute Gasteiger partial charge is 0.335 e. The topological polar surface area (TPSA) is 34.5 Å². The molecule has 0 N–H and O–H groups in total. The van der Waals surface area contributed by atoms with Crippen LogP contribution in [0.2, 0.25) is 10.0 Å². The van der Waals surface area contributed by atoms with Crippen molar-refractivity contribution in [2.24, 2.45) is 5.16 Å². The van der Waals surface area contributed by atoms with Gasteiger partial charge in [0.15, 0.2) is 5.82 Å². The molecule has 0 unspecified atom stereocenters. The van der Waals surface area contributed by atoms with Crippen LogP contribution in [-0.2, 0) is 0 Å². The summed E-state index contributed by atoms with van der Waals surface area (Å²) in [6.07, 6.45) is 0. The summed E-state index contributed by atoms with van der Waals surface area (Å²) in [5.41, 5.74) is 0.545. The van der Waals surface area contributed by atoms with E-state index in [0.717, 1.165) is 0 Å². The molecule has 0 spiro atoms. The second-order valence-electron chi connectivity index (χ2n) is 2.78. The van der Waals surface area contributed by atoms with Crippen LogP contribution in [0.1, 0.15) is 13.8 Å². The van der Waals surface area contributed by atoms with Gasteiger partial charge >= 0.3 is 0 Å². The van der Waals surface area contributed by atoms with Crippen molar-refractivity contribution in [2.45, 2.75) is 13.8 Å². The minimum absolute atomic E-state index is 0.461. The fourth-order valence-electron chi connectivity index (χ4n) is 0.663. The maximum Gasteiger partial charge on any atom is 0.273 e. The van der Waals surface area contributed by atoms with Gasteiger partial charge in [-0.05, 0) is 13.8 Å². The zero-order valence-corrected chi connectivity index (χ0v) is 9.33. The fraction of sp³-hybridized carbons (Fsp3) is 0.250. The molecule has 0 aliphatic rings. The molecule has 82 valence electrons. The van der Waals surface area contributed by atoms with E-state index in [1.807, 2.05) is 0 Å². The summed E-state index contributed by atoms with van der Waals surface area (Å²) in [6, 6.07) is 0. The molecule has 0 fully saturated rings. The van der Waals surface area contributed by atoms with Crippen LogP contribution < -0.4 is 4.84 Å². The molecule has 1 aromatic rings. The Hall–Kier alpha value is -0.940. The highest BCUT2D eigenvalue weighted by Crippen LogP contribution is 2.31. The molecule has 1 heterocycles. The first-order valence-corrected chi connectivity index (χ1v) is 4.57. The molecular formula is C8H6Cl2F2N2O. The van der Waals surface area contributed by atoms with Gasteiger partial charge in [-0.25, -0.2) is 4.39 Å². The lowest BCUT2D eigenvalue weighted by molar-refractivity contribution is 0.318. The van der Waals surface area contributed by atoms with E-state index < -0.39 is 27.7 Å². The van der Waals surface area contributed by atoms with Crippen molar-refractivity contribution in [1.82, 2.24) is 4.98 Å². The molecule has 0 aliphatic carbocycles. The Morgan fingerprint density at radius 2 is 1.87 bits per heavy atom. The van der Waals surface area contributed by atoms with Crippen molar-refractivity contribution < 1.29 is 13.6 Å². The number of nitrogens with zero attached hydrogens (tertiary/aromatic N) is 2. The smallest absolute Gasteiger partial charge is 0.273 e. The van der Waals surface area contributed by atoms with Crippen LogP contribution in [0.4, 0.5) is 8.78 Å². The summed E-state index contributed by atoms with van der Waals surface area (Å²) in [6.45, 7) is 3.27. The van der Waals surface area contributed by atoms with Crippen LogP contribution in [0.5, 0.6) is 5.88 Å². The predicted octanol–water partition coefficient (Wildman–Crippen LogP) is 3.44. The minimum atomic E-state index is -1.20. The summed E-state index contributed by atoms with van der Waals surface area (Å²) in [5.74, 6) is -2.78. The van der Waals surface area contributed by atoms with Crippen LogP contribution in [0.25, 0.3) is 0 Å². The Kier molecular flexibility index (Phi) is 3.82. The molecule has 0 bridgehead atoms. The van der Waals surface area contributed by atoms with Crippen molar-refractivity contribution in [3.8, 4) is 5.88 Å². The van der Waals surface area contributed by atoms with E-state index in [1.165, 1.54) is 0 Å². The third-order valence-electron chi connectivity index (χ3n) is 1.27. The molecule has 3 nitrogen and oxygen atoms in total. The van der Waals surface area contributed by atoms with E-state index in [1.54, 1.807) is 13.8 Å². The summed E-state index contributed by atoms with van der Waals surface area (Å²) < 4.78 is 26.0. The lowest BCUT2D eigenvalue weighted by Gasteiger charge is -2.03. The molecule has 0 saturated carbocycles. The van der Waals surface area contributed by atoms with Gasteiger partial charge in [0.2, 0.25) is 5.95 Å². The average molecular weight is 255 g/mol. The van der Waals surface area contributed by atoms with Crippen molar-refractivity contribution in [2.75, 3.05) is 0 Å². The van der Waals surface area contributed by atoms with E-state index in [-0.39, 0.29) is 0 Å².